The minimum Gasteiger partial charge on any atom is -0.394 e. The van der Waals surface area contributed by atoms with Crippen LogP contribution in [0, 0.1) is 5.82 Å². The first-order chi connectivity index (χ1) is 9.34. The van der Waals surface area contributed by atoms with Crippen molar-refractivity contribution in [3.05, 3.63) is 29.6 Å². The summed E-state index contributed by atoms with van der Waals surface area (Å²) in [7, 11) is 0. The monoisotopic (exact) mass is 283 g/mol. The largest absolute Gasteiger partial charge is 0.394 e. The molecule has 0 amide bonds. The molecule has 2 atom stereocenters. The van der Waals surface area contributed by atoms with E-state index in [9.17, 15) is 14.6 Å². The fourth-order valence-electron chi connectivity index (χ4n) is 2.79. The zero-order valence-corrected chi connectivity index (χ0v) is 12.1. The Morgan fingerprint density at radius 3 is 2.80 bits per heavy atom. The number of halogens is 1. The average Bonchev–Trinajstić information content (AvgIpc) is 2.36. The van der Waals surface area contributed by atoms with Gasteiger partial charge in [0.15, 0.2) is 0 Å². The summed E-state index contributed by atoms with van der Waals surface area (Å²) < 4.78 is 19.7. The maximum absolute atomic E-state index is 14.0. The molecule has 1 aliphatic rings. The van der Waals surface area contributed by atoms with Crippen molar-refractivity contribution < 1.29 is 19.3 Å². The molecule has 1 fully saturated rings. The predicted octanol–water partition coefficient (Wildman–Crippen LogP) is 1.86. The summed E-state index contributed by atoms with van der Waals surface area (Å²) in [6, 6.07) is 4.77. The van der Waals surface area contributed by atoms with E-state index in [1.807, 2.05) is 18.7 Å². The number of aliphatic hydroxyl groups excluding tert-OH is 2. The lowest BCUT2D eigenvalue weighted by molar-refractivity contribution is -0.101. The van der Waals surface area contributed by atoms with E-state index in [2.05, 4.69) is 0 Å². The van der Waals surface area contributed by atoms with E-state index < -0.39 is 17.5 Å². The highest BCUT2D eigenvalue weighted by molar-refractivity contribution is 5.56. The SMILES string of the molecule is C[C@H](O)c1c(F)cccc1N1CC(CO)OC(C)(C)C1. The molecule has 112 valence electrons. The molecule has 0 aliphatic carbocycles. The Balaban J connectivity index is 2.38. The summed E-state index contributed by atoms with van der Waals surface area (Å²) in [5, 5.41) is 19.2. The summed E-state index contributed by atoms with van der Waals surface area (Å²) in [4.78, 5) is 1.97. The summed E-state index contributed by atoms with van der Waals surface area (Å²) in [5.41, 5.74) is 0.519. The molecule has 20 heavy (non-hydrogen) atoms. The number of rotatable bonds is 3. The van der Waals surface area contributed by atoms with Gasteiger partial charge in [-0.3, -0.25) is 0 Å². The highest BCUT2D eigenvalue weighted by atomic mass is 19.1. The van der Waals surface area contributed by atoms with Gasteiger partial charge in [-0.2, -0.15) is 0 Å². The van der Waals surface area contributed by atoms with Crippen molar-refractivity contribution >= 4 is 5.69 Å². The van der Waals surface area contributed by atoms with Gasteiger partial charge in [-0.15, -0.1) is 0 Å². The van der Waals surface area contributed by atoms with Crippen molar-refractivity contribution in [2.75, 3.05) is 24.6 Å². The highest BCUT2D eigenvalue weighted by Crippen LogP contribution is 2.33. The quantitative estimate of drug-likeness (QED) is 0.889. The van der Waals surface area contributed by atoms with Crippen LogP contribution in [0.25, 0.3) is 0 Å². The van der Waals surface area contributed by atoms with Crippen LogP contribution in [0.5, 0.6) is 0 Å². The van der Waals surface area contributed by atoms with E-state index >= 15 is 0 Å². The van der Waals surface area contributed by atoms with Gasteiger partial charge >= 0.3 is 0 Å². The van der Waals surface area contributed by atoms with E-state index in [0.717, 1.165) is 0 Å². The molecule has 1 aromatic carbocycles. The molecule has 0 bridgehead atoms. The number of aliphatic hydroxyl groups is 2. The van der Waals surface area contributed by atoms with Crippen LogP contribution in [0.4, 0.5) is 10.1 Å². The van der Waals surface area contributed by atoms with Crippen molar-refractivity contribution in [2.24, 2.45) is 0 Å². The molecule has 2 N–H and O–H groups in total. The molecule has 4 nitrogen and oxygen atoms in total. The van der Waals surface area contributed by atoms with E-state index in [-0.39, 0.29) is 12.7 Å². The van der Waals surface area contributed by atoms with Crippen LogP contribution in [0.3, 0.4) is 0 Å². The standard InChI is InChI=1S/C15H22FNO3/c1-10(19)14-12(16)5-4-6-13(14)17-7-11(8-18)20-15(2,3)9-17/h4-6,10-11,18-19H,7-9H2,1-3H3/t10-,11?/m0/s1. The van der Waals surface area contributed by atoms with Crippen LogP contribution in [0.2, 0.25) is 0 Å². The number of nitrogens with zero attached hydrogens (tertiary/aromatic N) is 1. The van der Waals surface area contributed by atoms with Gasteiger partial charge in [0.1, 0.15) is 5.82 Å². The Hall–Kier alpha value is -1.17. The summed E-state index contributed by atoms with van der Waals surface area (Å²) in [6.45, 7) is 6.39. The highest BCUT2D eigenvalue weighted by Gasteiger charge is 2.34. The fraction of sp³-hybridized carbons (Fsp3) is 0.600. The third-order valence-electron chi connectivity index (χ3n) is 3.47. The van der Waals surface area contributed by atoms with Gasteiger partial charge in [0.2, 0.25) is 0 Å². The van der Waals surface area contributed by atoms with Crippen molar-refractivity contribution in [1.29, 1.82) is 0 Å². The number of ether oxygens (including phenoxy) is 1. The second-order valence-electron chi connectivity index (χ2n) is 5.91. The van der Waals surface area contributed by atoms with Gasteiger partial charge in [-0.1, -0.05) is 6.07 Å². The Bertz CT molecular complexity index is 476. The van der Waals surface area contributed by atoms with Crippen molar-refractivity contribution in [2.45, 2.75) is 38.6 Å². The normalized spacial score (nSPS) is 23.7. The fourth-order valence-corrected chi connectivity index (χ4v) is 2.79. The molecular formula is C15H22FNO3. The van der Waals surface area contributed by atoms with Gasteiger partial charge < -0.3 is 19.8 Å². The minimum atomic E-state index is -0.885. The number of morpholine rings is 1. The summed E-state index contributed by atoms with van der Waals surface area (Å²) in [5.74, 6) is -0.414. The summed E-state index contributed by atoms with van der Waals surface area (Å²) in [6.07, 6.45) is -1.20. The van der Waals surface area contributed by atoms with Crippen LogP contribution in [-0.4, -0.2) is 41.6 Å². The number of anilines is 1. The van der Waals surface area contributed by atoms with Crippen LogP contribution < -0.4 is 4.90 Å². The molecule has 0 saturated carbocycles. The topological polar surface area (TPSA) is 52.9 Å². The Kier molecular flexibility index (Phi) is 4.32. The molecule has 0 spiro atoms. The molecule has 1 saturated heterocycles. The molecule has 0 aromatic heterocycles. The minimum absolute atomic E-state index is 0.0841. The van der Waals surface area contributed by atoms with Gasteiger partial charge in [-0.25, -0.2) is 4.39 Å². The van der Waals surface area contributed by atoms with Crippen LogP contribution in [-0.2, 0) is 4.74 Å². The maximum atomic E-state index is 14.0. The molecule has 1 heterocycles. The smallest absolute Gasteiger partial charge is 0.131 e. The van der Waals surface area contributed by atoms with Crippen LogP contribution in [0.15, 0.2) is 18.2 Å². The average molecular weight is 283 g/mol. The zero-order chi connectivity index (χ0) is 14.9. The molecule has 2 rings (SSSR count). The summed E-state index contributed by atoms with van der Waals surface area (Å²) >= 11 is 0. The molecule has 5 heteroatoms. The second-order valence-corrected chi connectivity index (χ2v) is 5.91. The number of hydrogen-bond acceptors (Lipinski definition) is 4. The molecule has 1 aromatic rings. The number of benzene rings is 1. The van der Waals surface area contributed by atoms with E-state index in [1.165, 1.54) is 6.07 Å². The zero-order valence-electron chi connectivity index (χ0n) is 12.1. The maximum Gasteiger partial charge on any atom is 0.131 e. The van der Waals surface area contributed by atoms with E-state index in [4.69, 9.17) is 4.74 Å². The molecule has 1 unspecified atom stereocenters. The molecule has 0 radical (unpaired) electrons. The van der Waals surface area contributed by atoms with E-state index in [0.29, 0.717) is 24.3 Å². The van der Waals surface area contributed by atoms with Gasteiger partial charge in [0, 0.05) is 24.3 Å². The Labute approximate surface area is 118 Å². The van der Waals surface area contributed by atoms with E-state index in [1.54, 1.807) is 19.1 Å². The second kappa shape index (κ2) is 5.68. The first kappa shape index (κ1) is 15.2. The Morgan fingerprint density at radius 2 is 2.20 bits per heavy atom. The van der Waals surface area contributed by atoms with Crippen molar-refractivity contribution in [3.63, 3.8) is 0 Å². The molecular weight excluding hydrogens is 261 g/mol. The predicted molar refractivity (Wildman–Crippen MR) is 75.3 cm³/mol. The lowest BCUT2D eigenvalue weighted by Gasteiger charge is -2.44. The first-order valence-corrected chi connectivity index (χ1v) is 6.84. The lowest BCUT2D eigenvalue weighted by atomic mass is 10.0. The van der Waals surface area contributed by atoms with Crippen molar-refractivity contribution in [1.82, 2.24) is 0 Å². The lowest BCUT2D eigenvalue weighted by Crippen LogP contribution is -2.54. The van der Waals surface area contributed by atoms with Crippen molar-refractivity contribution in [3.8, 4) is 0 Å². The number of hydrogen-bond donors (Lipinski definition) is 2. The Morgan fingerprint density at radius 1 is 1.50 bits per heavy atom. The van der Waals surface area contributed by atoms with Gasteiger partial charge in [0.25, 0.3) is 0 Å². The van der Waals surface area contributed by atoms with Gasteiger partial charge in [-0.05, 0) is 32.9 Å². The van der Waals surface area contributed by atoms with Crippen LogP contribution in [0.1, 0.15) is 32.4 Å². The van der Waals surface area contributed by atoms with Crippen LogP contribution >= 0.6 is 0 Å². The third-order valence-corrected chi connectivity index (χ3v) is 3.47. The molecule has 1 aliphatic heterocycles. The third kappa shape index (κ3) is 3.11. The van der Waals surface area contributed by atoms with Gasteiger partial charge in [0.05, 0.1) is 24.4 Å². The first-order valence-electron chi connectivity index (χ1n) is 6.84.